The zero-order valence-corrected chi connectivity index (χ0v) is 13.8. The molecule has 104 valence electrons. The molecule has 1 rings (SSSR count). The molecule has 1 heterocycles. The molecule has 1 N–H and O–H groups in total. The van der Waals surface area contributed by atoms with E-state index >= 15 is 0 Å². The minimum atomic E-state index is 0.535. The Hall–Kier alpha value is 0.1000. The molecule has 0 spiro atoms. The van der Waals surface area contributed by atoms with E-state index in [4.69, 9.17) is 4.74 Å². The Morgan fingerprint density at radius 3 is 2.78 bits per heavy atom. The highest BCUT2D eigenvalue weighted by atomic mass is 79.9. The monoisotopic (exact) mass is 333 g/mol. The summed E-state index contributed by atoms with van der Waals surface area (Å²) in [6.45, 7) is 7.19. The van der Waals surface area contributed by atoms with Crippen LogP contribution in [0.5, 0.6) is 0 Å². The summed E-state index contributed by atoms with van der Waals surface area (Å²) < 4.78 is 6.78. The standard InChI is InChI=1S/C14H24BrNOS/c1-3-6-16-13(5-8-17-7-4-2)10-14-9-12(15)11-18-14/h9,11,13,16H,3-8,10H2,1-2H3. The first-order valence-electron chi connectivity index (χ1n) is 6.80. The third-order valence-corrected chi connectivity index (χ3v) is 4.43. The lowest BCUT2D eigenvalue weighted by atomic mass is 10.1. The van der Waals surface area contributed by atoms with Crippen molar-refractivity contribution >= 4 is 27.3 Å². The second-order valence-corrected chi connectivity index (χ2v) is 6.40. The number of nitrogens with one attached hydrogen (secondary N) is 1. The molecule has 1 atom stereocenters. The van der Waals surface area contributed by atoms with Crippen molar-refractivity contribution in [1.29, 1.82) is 0 Å². The number of hydrogen-bond acceptors (Lipinski definition) is 3. The van der Waals surface area contributed by atoms with Crippen molar-refractivity contribution in [2.75, 3.05) is 19.8 Å². The van der Waals surface area contributed by atoms with Crippen molar-refractivity contribution in [2.45, 2.75) is 45.6 Å². The number of thiophene rings is 1. The smallest absolute Gasteiger partial charge is 0.0480 e. The van der Waals surface area contributed by atoms with E-state index in [1.165, 1.54) is 15.8 Å². The Bertz CT molecular complexity index is 316. The van der Waals surface area contributed by atoms with E-state index in [2.05, 4.69) is 46.5 Å². The topological polar surface area (TPSA) is 21.3 Å². The van der Waals surface area contributed by atoms with E-state index in [1.54, 1.807) is 0 Å². The molecule has 1 aromatic heterocycles. The van der Waals surface area contributed by atoms with Gasteiger partial charge in [-0.15, -0.1) is 11.3 Å². The highest BCUT2D eigenvalue weighted by molar-refractivity contribution is 9.10. The molecule has 1 aromatic rings. The van der Waals surface area contributed by atoms with Crippen molar-refractivity contribution in [1.82, 2.24) is 5.32 Å². The second-order valence-electron chi connectivity index (χ2n) is 4.49. The van der Waals surface area contributed by atoms with Gasteiger partial charge in [-0.1, -0.05) is 13.8 Å². The average molecular weight is 334 g/mol. The summed E-state index contributed by atoms with van der Waals surface area (Å²) in [6, 6.07) is 2.76. The van der Waals surface area contributed by atoms with E-state index in [9.17, 15) is 0 Å². The Labute approximate surface area is 123 Å². The van der Waals surface area contributed by atoms with Crippen molar-refractivity contribution in [2.24, 2.45) is 0 Å². The van der Waals surface area contributed by atoms with Crippen LogP contribution in [0.1, 0.15) is 38.0 Å². The zero-order chi connectivity index (χ0) is 13.2. The normalized spacial score (nSPS) is 12.8. The largest absolute Gasteiger partial charge is 0.381 e. The molecule has 1 unspecified atom stereocenters. The summed E-state index contributed by atoms with van der Waals surface area (Å²) in [5.41, 5.74) is 0. The molecule has 18 heavy (non-hydrogen) atoms. The number of hydrogen-bond donors (Lipinski definition) is 1. The number of rotatable bonds is 10. The molecule has 0 amide bonds. The summed E-state index contributed by atoms with van der Waals surface area (Å²) >= 11 is 5.34. The van der Waals surface area contributed by atoms with Crippen LogP contribution in [0.15, 0.2) is 15.9 Å². The SMILES string of the molecule is CCCNC(CCOCCC)Cc1cc(Br)cs1. The predicted octanol–water partition coefficient (Wildman–Crippen LogP) is 4.24. The molecule has 0 aliphatic rings. The van der Waals surface area contributed by atoms with Crippen LogP contribution in [0.3, 0.4) is 0 Å². The fourth-order valence-corrected chi connectivity index (χ4v) is 3.33. The van der Waals surface area contributed by atoms with Crippen LogP contribution in [-0.4, -0.2) is 25.8 Å². The van der Waals surface area contributed by atoms with E-state index in [0.717, 1.165) is 39.0 Å². The highest BCUT2D eigenvalue weighted by Gasteiger charge is 2.10. The second kappa shape index (κ2) is 9.96. The van der Waals surface area contributed by atoms with Gasteiger partial charge in [-0.2, -0.15) is 0 Å². The van der Waals surface area contributed by atoms with E-state index < -0.39 is 0 Å². The highest BCUT2D eigenvalue weighted by Crippen LogP contribution is 2.21. The van der Waals surface area contributed by atoms with Crippen molar-refractivity contribution in [3.8, 4) is 0 Å². The molecular weight excluding hydrogens is 310 g/mol. The summed E-state index contributed by atoms with van der Waals surface area (Å²) in [6.07, 6.45) is 4.48. The number of ether oxygens (including phenoxy) is 1. The predicted molar refractivity (Wildman–Crippen MR) is 83.5 cm³/mol. The van der Waals surface area contributed by atoms with Crippen LogP contribution >= 0.6 is 27.3 Å². The Balaban J connectivity index is 2.34. The maximum atomic E-state index is 5.59. The van der Waals surface area contributed by atoms with Crippen LogP contribution in [-0.2, 0) is 11.2 Å². The fourth-order valence-electron chi connectivity index (χ4n) is 1.80. The number of halogens is 1. The molecular formula is C14H24BrNOS. The van der Waals surface area contributed by atoms with Crippen LogP contribution in [0.2, 0.25) is 0 Å². The minimum absolute atomic E-state index is 0.535. The lowest BCUT2D eigenvalue weighted by Gasteiger charge is -2.17. The quantitative estimate of drug-likeness (QED) is 0.646. The van der Waals surface area contributed by atoms with Gasteiger partial charge in [-0.3, -0.25) is 0 Å². The van der Waals surface area contributed by atoms with Gasteiger partial charge in [0.1, 0.15) is 0 Å². The van der Waals surface area contributed by atoms with E-state index in [1.807, 2.05) is 11.3 Å². The summed E-state index contributed by atoms with van der Waals surface area (Å²) in [7, 11) is 0. The van der Waals surface area contributed by atoms with Gasteiger partial charge in [0.25, 0.3) is 0 Å². The molecule has 2 nitrogen and oxygen atoms in total. The first-order valence-corrected chi connectivity index (χ1v) is 8.47. The van der Waals surface area contributed by atoms with Gasteiger partial charge in [0.05, 0.1) is 0 Å². The lowest BCUT2D eigenvalue weighted by Crippen LogP contribution is -2.32. The average Bonchev–Trinajstić information content (AvgIpc) is 2.77. The van der Waals surface area contributed by atoms with Gasteiger partial charge in [0, 0.05) is 34.0 Å². The van der Waals surface area contributed by atoms with Gasteiger partial charge in [0.2, 0.25) is 0 Å². The maximum absolute atomic E-state index is 5.59. The van der Waals surface area contributed by atoms with Gasteiger partial charge in [-0.25, -0.2) is 0 Å². The Morgan fingerprint density at radius 1 is 1.33 bits per heavy atom. The van der Waals surface area contributed by atoms with Gasteiger partial charge in [0.15, 0.2) is 0 Å². The third-order valence-electron chi connectivity index (χ3n) is 2.71. The van der Waals surface area contributed by atoms with Crippen molar-refractivity contribution in [3.63, 3.8) is 0 Å². The minimum Gasteiger partial charge on any atom is -0.381 e. The van der Waals surface area contributed by atoms with E-state index in [-0.39, 0.29) is 0 Å². The molecule has 0 bridgehead atoms. The molecule has 0 radical (unpaired) electrons. The molecule has 0 saturated carbocycles. The van der Waals surface area contributed by atoms with Gasteiger partial charge < -0.3 is 10.1 Å². The summed E-state index contributed by atoms with van der Waals surface area (Å²) in [4.78, 5) is 1.44. The van der Waals surface area contributed by atoms with E-state index in [0.29, 0.717) is 6.04 Å². The zero-order valence-electron chi connectivity index (χ0n) is 11.4. The first-order chi connectivity index (χ1) is 8.76. The third kappa shape index (κ3) is 6.88. The summed E-state index contributed by atoms with van der Waals surface area (Å²) in [5.74, 6) is 0. The molecule has 4 heteroatoms. The molecule has 0 saturated heterocycles. The molecule has 0 aromatic carbocycles. The van der Waals surface area contributed by atoms with Gasteiger partial charge >= 0.3 is 0 Å². The van der Waals surface area contributed by atoms with Crippen LogP contribution in [0.25, 0.3) is 0 Å². The first kappa shape index (κ1) is 16.2. The lowest BCUT2D eigenvalue weighted by molar-refractivity contribution is 0.124. The summed E-state index contributed by atoms with van der Waals surface area (Å²) in [5, 5.41) is 5.77. The maximum Gasteiger partial charge on any atom is 0.0480 e. The fraction of sp³-hybridized carbons (Fsp3) is 0.714. The molecule has 0 aliphatic heterocycles. The van der Waals surface area contributed by atoms with Crippen LogP contribution in [0.4, 0.5) is 0 Å². The van der Waals surface area contributed by atoms with Gasteiger partial charge in [-0.05, 0) is 54.2 Å². The van der Waals surface area contributed by atoms with Crippen molar-refractivity contribution in [3.05, 3.63) is 20.8 Å². The molecule has 0 fully saturated rings. The molecule has 0 aliphatic carbocycles. The Morgan fingerprint density at radius 2 is 2.17 bits per heavy atom. The Kier molecular flexibility index (Phi) is 8.94. The van der Waals surface area contributed by atoms with Crippen LogP contribution in [0, 0.1) is 0 Å². The van der Waals surface area contributed by atoms with Crippen molar-refractivity contribution < 1.29 is 4.74 Å². The van der Waals surface area contributed by atoms with Crippen LogP contribution < -0.4 is 5.32 Å².